The number of urea groups is 1. The number of amides is 4. The van der Waals surface area contributed by atoms with Crippen LogP contribution in [0.1, 0.15) is 39.0 Å². The first-order valence-corrected chi connectivity index (χ1v) is 7.75. The smallest absolute Gasteiger partial charge is 0.325 e. The summed E-state index contributed by atoms with van der Waals surface area (Å²) in [6.45, 7) is 1.61. The minimum Gasteiger partial charge on any atom is -0.481 e. The van der Waals surface area contributed by atoms with Gasteiger partial charge in [0.15, 0.2) is 0 Å². The molecule has 0 spiro atoms. The van der Waals surface area contributed by atoms with Gasteiger partial charge in [-0.1, -0.05) is 0 Å². The third-order valence-corrected chi connectivity index (χ3v) is 3.28. The zero-order valence-corrected chi connectivity index (χ0v) is 13.5. The van der Waals surface area contributed by atoms with E-state index in [1.54, 1.807) is 6.08 Å². The number of hydrogen-bond donors (Lipinski definition) is 4. The zero-order valence-electron chi connectivity index (χ0n) is 13.5. The number of carbonyl (C=O) groups is 4. The molecule has 134 valence electrons. The number of aliphatic carboxylic acids is 1. The Morgan fingerprint density at radius 2 is 1.96 bits per heavy atom. The third-order valence-electron chi connectivity index (χ3n) is 3.28. The van der Waals surface area contributed by atoms with E-state index >= 15 is 0 Å². The summed E-state index contributed by atoms with van der Waals surface area (Å²) in [5.74, 6) is -1.55. The quantitative estimate of drug-likeness (QED) is 0.500. The van der Waals surface area contributed by atoms with E-state index in [4.69, 9.17) is 9.84 Å². The average Bonchev–Trinajstić information content (AvgIpc) is 2.92. The van der Waals surface area contributed by atoms with E-state index in [9.17, 15) is 19.2 Å². The Kier molecular flexibility index (Phi) is 8.48. The maximum Gasteiger partial charge on any atom is 0.325 e. The number of hydrogen-bond acceptors (Lipinski definition) is 5. The van der Waals surface area contributed by atoms with Crippen molar-refractivity contribution in [3.63, 3.8) is 0 Å². The van der Waals surface area contributed by atoms with Crippen LogP contribution in [-0.2, 0) is 19.1 Å². The molecule has 1 saturated heterocycles. The molecule has 1 heterocycles. The Hall–Kier alpha value is -2.42. The van der Waals surface area contributed by atoms with Crippen molar-refractivity contribution in [2.45, 2.75) is 51.2 Å². The molecule has 4 amide bonds. The largest absolute Gasteiger partial charge is 0.481 e. The van der Waals surface area contributed by atoms with E-state index in [1.807, 2.05) is 0 Å². The first kappa shape index (κ1) is 19.6. The minimum atomic E-state index is -0.915. The topological polar surface area (TPSA) is 134 Å². The van der Waals surface area contributed by atoms with Crippen molar-refractivity contribution in [1.29, 1.82) is 0 Å². The molecular formula is C15H23N3O6. The van der Waals surface area contributed by atoms with Gasteiger partial charge in [0, 0.05) is 32.5 Å². The molecular weight excluding hydrogens is 318 g/mol. The number of ether oxygens (including phenoxy) is 1. The highest BCUT2D eigenvalue weighted by molar-refractivity contribution is 5.93. The summed E-state index contributed by atoms with van der Waals surface area (Å²) in [5, 5.41) is 15.7. The number of nitrogens with one attached hydrogen (secondary N) is 3. The van der Waals surface area contributed by atoms with Gasteiger partial charge in [-0.25, -0.2) is 4.79 Å². The molecule has 0 aliphatic carbocycles. The molecule has 1 aliphatic rings. The van der Waals surface area contributed by atoms with E-state index in [0.717, 1.165) is 12.8 Å². The zero-order chi connectivity index (χ0) is 17.9. The van der Waals surface area contributed by atoms with E-state index in [2.05, 4.69) is 16.0 Å². The van der Waals surface area contributed by atoms with E-state index < -0.39 is 17.9 Å². The number of carboxylic acid groups (broad SMARTS) is 1. The van der Waals surface area contributed by atoms with Crippen molar-refractivity contribution in [3.05, 3.63) is 12.3 Å². The van der Waals surface area contributed by atoms with Gasteiger partial charge in [-0.05, 0) is 25.3 Å². The van der Waals surface area contributed by atoms with E-state index in [0.29, 0.717) is 13.0 Å². The van der Waals surface area contributed by atoms with Gasteiger partial charge >= 0.3 is 12.0 Å². The fourth-order valence-corrected chi connectivity index (χ4v) is 2.17. The van der Waals surface area contributed by atoms with Crippen molar-refractivity contribution in [2.75, 3.05) is 6.54 Å². The maximum absolute atomic E-state index is 11.5. The van der Waals surface area contributed by atoms with Gasteiger partial charge in [0.05, 0.1) is 12.2 Å². The van der Waals surface area contributed by atoms with Crippen LogP contribution in [0.5, 0.6) is 0 Å². The predicted molar refractivity (Wildman–Crippen MR) is 83.9 cm³/mol. The summed E-state index contributed by atoms with van der Waals surface area (Å²) in [5.41, 5.74) is 0. The molecule has 0 aromatic carbocycles. The van der Waals surface area contributed by atoms with Gasteiger partial charge in [0.1, 0.15) is 0 Å². The monoisotopic (exact) mass is 341 g/mol. The molecule has 9 nitrogen and oxygen atoms in total. The first-order valence-electron chi connectivity index (χ1n) is 7.75. The lowest BCUT2D eigenvalue weighted by molar-refractivity contribution is -0.137. The standard InChI is InChI=1S/C15H23N3O6/c1-10(19)18-15(23)16-8-7-11-5-6-12(24-11)9-17-13(20)3-2-4-14(21)22/h7-8,11-12H,2-6,9H2,1H3,(H,17,20)(H,21,22)(H2,16,18,19,23)/b8-7+/t11?,12-/m0/s1. The van der Waals surface area contributed by atoms with Gasteiger partial charge in [-0.3, -0.25) is 19.7 Å². The van der Waals surface area contributed by atoms with Crippen molar-refractivity contribution >= 4 is 23.8 Å². The Bertz CT molecular complexity index is 505. The second-order valence-corrected chi connectivity index (χ2v) is 5.44. The predicted octanol–water partition coefficient (Wildman–Crippen LogP) is 0.265. The highest BCUT2D eigenvalue weighted by Crippen LogP contribution is 2.19. The van der Waals surface area contributed by atoms with Crippen molar-refractivity contribution in [1.82, 2.24) is 16.0 Å². The highest BCUT2D eigenvalue weighted by atomic mass is 16.5. The van der Waals surface area contributed by atoms with Crippen LogP contribution >= 0.6 is 0 Å². The first-order chi connectivity index (χ1) is 11.4. The lowest BCUT2D eigenvalue weighted by Gasteiger charge is -2.12. The number of carbonyl (C=O) groups excluding carboxylic acids is 3. The van der Waals surface area contributed by atoms with Crippen LogP contribution in [0.4, 0.5) is 4.79 Å². The lowest BCUT2D eigenvalue weighted by atomic mass is 10.2. The second kappa shape index (κ2) is 10.4. The van der Waals surface area contributed by atoms with Crippen LogP contribution < -0.4 is 16.0 Å². The van der Waals surface area contributed by atoms with E-state index in [1.165, 1.54) is 13.1 Å². The fraction of sp³-hybridized carbons (Fsp3) is 0.600. The van der Waals surface area contributed by atoms with Crippen LogP contribution in [0.3, 0.4) is 0 Å². The molecule has 1 aliphatic heterocycles. The van der Waals surface area contributed by atoms with Crippen molar-refractivity contribution in [3.8, 4) is 0 Å². The molecule has 4 N–H and O–H groups in total. The lowest BCUT2D eigenvalue weighted by Crippen LogP contribution is -2.35. The van der Waals surface area contributed by atoms with E-state index in [-0.39, 0.29) is 31.0 Å². The second-order valence-electron chi connectivity index (χ2n) is 5.44. The van der Waals surface area contributed by atoms with Gasteiger partial charge in [-0.2, -0.15) is 0 Å². The molecule has 2 atom stereocenters. The van der Waals surface area contributed by atoms with Gasteiger partial charge in [-0.15, -0.1) is 0 Å². The fourth-order valence-electron chi connectivity index (χ4n) is 2.17. The molecule has 0 saturated carbocycles. The summed E-state index contributed by atoms with van der Waals surface area (Å²) in [7, 11) is 0. The van der Waals surface area contributed by atoms with Crippen LogP contribution in [0.2, 0.25) is 0 Å². The molecule has 0 aromatic heterocycles. The molecule has 1 rings (SSSR count). The van der Waals surface area contributed by atoms with Crippen LogP contribution in [0.25, 0.3) is 0 Å². The number of rotatable bonds is 8. The SMILES string of the molecule is CC(=O)NC(=O)N/C=C/C1CC[C@@H](CNC(=O)CCCC(=O)O)O1. The van der Waals surface area contributed by atoms with Gasteiger partial charge < -0.3 is 20.5 Å². The molecule has 1 fully saturated rings. The van der Waals surface area contributed by atoms with Crippen molar-refractivity contribution in [2.24, 2.45) is 0 Å². The van der Waals surface area contributed by atoms with Gasteiger partial charge in [0.25, 0.3) is 0 Å². The Labute approximate surface area is 139 Å². The number of carboxylic acids is 1. The average molecular weight is 341 g/mol. The number of imide groups is 1. The van der Waals surface area contributed by atoms with Gasteiger partial charge in [0.2, 0.25) is 11.8 Å². The van der Waals surface area contributed by atoms with Crippen molar-refractivity contribution < 1.29 is 29.0 Å². The molecule has 9 heteroatoms. The van der Waals surface area contributed by atoms with Crippen LogP contribution in [0.15, 0.2) is 12.3 Å². The Morgan fingerprint density at radius 3 is 2.62 bits per heavy atom. The molecule has 0 bridgehead atoms. The normalized spacial score (nSPS) is 19.9. The van der Waals surface area contributed by atoms with Crippen LogP contribution in [-0.4, -0.2) is 47.7 Å². The molecule has 24 heavy (non-hydrogen) atoms. The highest BCUT2D eigenvalue weighted by Gasteiger charge is 2.23. The minimum absolute atomic E-state index is 0.0234. The summed E-state index contributed by atoms with van der Waals surface area (Å²) >= 11 is 0. The Balaban J connectivity index is 2.17. The summed E-state index contributed by atoms with van der Waals surface area (Å²) in [6.07, 6.45) is 4.79. The third kappa shape index (κ3) is 8.89. The van der Waals surface area contributed by atoms with Crippen LogP contribution in [0, 0.1) is 0 Å². The molecule has 0 aromatic rings. The summed E-state index contributed by atoms with van der Waals surface area (Å²) in [4.78, 5) is 43.7. The Morgan fingerprint density at radius 1 is 1.21 bits per heavy atom. The summed E-state index contributed by atoms with van der Waals surface area (Å²) in [6, 6.07) is -0.609. The molecule has 1 unspecified atom stereocenters. The molecule has 0 radical (unpaired) electrons. The maximum atomic E-state index is 11.5. The summed E-state index contributed by atoms with van der Waals surface area (Å²) < 4.78 is 5.68.